The van der Waals surface area contributed by atoms with Crippen molar-refractivity contribution in [3.63, 3.8) is 0 Å². The third kappa shape index (κ3) is 3.39. The standard InChI is InChI=1S/C19H17ClF2N2O2/c20-15-2-1-12(19-14(15)8-17(22)26-19)10-25-16-7-13(21)9-24-18(16)11-3-5-23-6-4-11/h1-2,7-9,11,23H,3-6,10H2. The molecule has 0 unspecified atom stereocenters. The van der Waals surface area contributed by atoms with Crippen molar-refractivity contribution < 1.29 is 17.9 Å². The zero-order valence-electron chi connectivity index (χ0n) is 13.9. The molecule has 0 aliphatic carbocycles. The number of benzene rings is 1. The maximum atomic E-state index is 13.7. The molecule has 136 valence electrons. The van der Waals surface area contributed by atoms with E-state index < -0.39 is 11.8 Å². The number of hydrogen-bond donors (Lipinski definition) is 1. The Kier molecular flexibility index (Phi) is 4.78. The topological polar surface area (TPSA) is 47.3 Å². The molecule has 0 bridgehead atoms. The van der Waals surface area contributed by atoms with Crippen LogP contribution in [0.1, 0.15) is 30.0 Å². The van der Waals surface area contributed by atoms with Gasteiger partial charge in [-0.15, -0.1) is 0 Å². The molecule has 0 radical (unpaired) electrons. The predicted octanol–water partition coefficient (Wildman–Crippen LogP) is 4.81. The Bertz CT molecular complexity index is 939. The second kappa shape index (κ2) is 7.21. The fraction of sp³-hybridized carbons (Fsp3) is 0.316. The van der Waals surface area contributed by atoms with Crippen molar-refractivity contribution in [2.45, 2.75) is 25.4 Å². The number of hydrogen-bond acceptors (Lipinski definition) is 4. The van der Waals surface area contributed by atoms with Gasteiger partial charge in [0.1, 0.15) is 23.8 Å². The highest BCUT2D eigenvalue weighted by Gasteiger charge is 2.21. The first-order valence-electron chi connectivity index (χ1n) is 8.47. The van der Waals surface area contributed by atoms with Crippen LogP contribution in [0.2, 0.25) is 5.02 Å². The number of nitrogens with one attached hydrogen (secondary N) is 1. The third-order valence-electron chi connectivity index (χ3n) is 4.64. The van der Waals surface area contributed by atoms with Crippen molar-refractivity contribution >= 4 is 22.6 Å². The van der Waals surface area contributed by atoms with Crippen molar-refractivity contribution in [3.8, 4) is 5.75 Å². The summed E-state index contributed by atoms with van der Waals surface area (Å²) >= 11 is 6.07. The summed E-state index contributed by atoms with van der Waals surface area (Å²) < 4.78 is 38.2. The van der Waals surface area contributed by atoms with Gasteiger partial charge in [0.05, 0.1) is 16.9 Å². The Balaban J connectivity index is 1.62. The summed E-state index contributed by atoms with van der Waals surface area (Å²) in [6.45, 7) is 1.89. The minimum Gasteiger partial charge on any atom is -0.487 e. The summed E-state index contributed by atoms with van der Waals surface area (Å²) in [4.78, 5) is 4.26. The molecule has 1 N–H and O–H groups in total. The molecular weight excluding hydrogens is 362 g/mol. The number of pyridine rings is 1. The van der Waals surface area contributed by atoms with Gasteiger partial charge in [-0.3, -0.25) is 4.98 Å². The van der Waals surface area contributed by atoms with E-state index in [1.165, 1.54) is 18.3 Å². The number of ether oxygens (including phenoxy) is 1. The molecule has 1 aliphatic heterocycles. The maximum absolute atomic E-state index is 13.7. The van der Waals surface area contributed by atoms with E-state index in [1.54, 1.807) is 12.1 Å². The molecule has 1 aliphatic rings. The van der Waals surface area contributed by atoms with Crippen LogP contribution in [0, 0.1) is 11.8 Å². The minimum atomic E-state index is -0.711. The molecule has 1 saturated heterocycles. The van der Waals surface area contributed by atoms with Gasteiger partial charge in [-0.2, -0.15) is 4.39 Å². The van der Waals surface area contributed by atoms with Crippen molar-refractivity contribution in [2.75, 3.05) is 13.1 Å². The predicted molar refractivity (Wildman–Crippen MR) is 94.6 cm³/mol. The number of rotatable bonds is 4. The lowest BCUT2D eigenvalue weighted by Gasteiger charge is -2.24. The van der Waals surface area contributed by atoms with E-state index in [1.807, 2.05) is 0 Å². The normalized spacial score (nSPS) is 15.5. The van der Waals surface area contributed by atoms with Gasteiger partial charge in [-0.25, -0.2) is 4.39 Å². The number of aromatic nitrogens is 1. The van der Waals surface area contributed by atoms with E-state index in [2.05, 4.69) is 10.3 Å². The van der Waals surface area contributed by atoms with E-state index >= 15 is 0 Å². The molecule has 4 nitrogen and oxygen atoms in total. The summed E-state index contributed by atoms with van der Waals surface area (Å²) in [5.74, 6) is 0.174. The van der Waals surface area contributed by atoms with Crippen molar-refractivity contribution in [1.29, 1.82) is 0 Å². The molecule has 3 heterocycles. The van der Waals surface area contributed by atoms with Gasteiger partial charge in [0.25, 0.3) is 6.01 Å². The molecule has 26 heavy (non-hydrogen) atoms. The van der Waals surface area contributed by atoms with Crippen LogP contribution in [0.3, 0.4) is 0 Å². The van der Waals surface area contributed by atoms with Crippen molar-refractivity contribution in [3.05, 3.63) is 58.6 Å². The summed E-state index contributed by atoms with van der Waals surface area (Å²) in [5.41, 5.74) is 1.72. The fourth-order valence-electron chi connectivity index (χ4n) is 3.33. The first-order valence-corrected chi connectivity index (χ1v) is 8.85. The molecule has 1 fully saturated rings. The minimum absolute atomic E-state index is 0.101. The summed E-state index contributed by atoms with van der Waals surface area (Å²) in [7, 11) is 0. The maximum Gasteiger partial charge on any atom is 0.278 e. The van der Waals surface area contributed by atoms with Crippen LogP contribution in [0.25, 0.3) is 11.0 Å². The summed E-state index contributed by atoms with van der Waals surface area (Å²) in [5, 5.41) is 4.19. The average Bonchev–Trinajstić information content (AvgIpc) is 3.05. The number of nitrogens with zero attached hydrogens (tertiary/aromatic N) is 1. The van der Waals surface area contributed by atoms with E-state index in [9.17, 15) is 8.78 Å². The molecule has 0 saturated carbocycles. The third-order valence-corrected chi connectivity index (χ3v) is 4.97. The second-order valence-electron chi connectivity index (χ2n) is 6.35. The Morgan fingerprint density at radius 1 is 1.23 bits per heavy atom. The van der Waals surface area contributed by atoms with E-state index in [0.717, 1.165) is 31.6 Å². The quantitative estimate of drug-likeness (QED) is 0.708. The monoisotopic (exact) mass is 378 g/mol. The fourth-order valence-corrected chi connectivity index (χ4v) is 3.54. The van der Waals surface area contributed by atoms with Crippen molar-refractivity contribution in [2.24, 2.45) is 0 Å². The SMILES string of the molecule is Fc1cnc(C2CCNCC2)c(OCc2ccc(Cl)c3cc(F)oc23)c1. The van der Waals surface area contributed by atoms with Crippen molar-refractivity contribution in [1.82, 2.24) is 10.3 Å². The number of halogens is 3. The lowest BCUT2D eigenvalue weighted by molar-refractivity contribution is 0.291. The van der Waals surface area contributed by atoms with E-state index in [0.29, 0.717) is 27.3 Å². The summed E-state index contributed by atoms with van der Waals surface area (Å²) in [6.07, 6.45) is 3.06. The highest BCUT2D eigenvalue weighted by Crippen LogP contribution is 2.33. The van der Waals surface area contributed by atoms with Crippen LogP contribution >= 0.6 is 11.6 Å². The largest absolute Gasteiger partial charge is 0.487 e. The van der Waals surface area contributed by atoms with E-state index in [-0.39, 0.29) is 12.5 Å². The van der Waals surface area contributed by atoms with Gasteiger partial charge < -0.3 is 14.5 Å². The van der Waals surface area contributed by atoms with Gasteiger partial charge in [0.2, 0.25) is 0 Å². The first kappa shape index (κ1) is 17.2. The van der Waals surface area contributed by atoms with E-state index in [4.69, 9.17) is 20.8 Å². The van der Waals surface area contributed by atoms with Crippen LogP contribution in [0.15, 0.2) is 34.9 Å². The Labute approximate surface area is 154 Å². The number of fused-ring (bicyclic) bond motifs is 1. The van der Waals surface area contributed by atoms with Crippen LogP contribution in [-0.2, 0) is 6.61 Å². The van der Waals surface area contributed by atoms with Gasteiger partial charge in [0, 0.05) is 29.0 Å². The Morgan fingerprint density at radius 2 is 2.04 bits per heavy atom. The lowest BCUT2D eigenvalue weighted by atomic mass is 9.93. The molecule has 3 aromatic rings. The zero-order valence-corrected chi connectivity index (χ0v) is 14.7. The molecule has 2 aromatic heterocycles. The molecule has 7 heteroatoms. The Morgan fingerprint density at radius 3 is 2.85 bits per heavy atom. The molecule has 1 aromatic carbocycles. The average molecular weight is 379 g/mol. The van der Waals surface area contributed by atoms with Gasteiger partial charge in [0.15, 0.2) is 0 Å². The Hall–Kier alpha value is -2.18. The number of piperidine rings is 1. The second-order valence-corrected chi connectivity index (χ2v) is 6.76. The first-order chi connectivity index (χ1) is 12.6. The molecule has 4 rings (SSSR count). The van der Waals surface area contributed by atoms with Crippen LogP contribution in [0.4, 0.5) is 8.78 Å². The number of furan rings is 1. The van der Waals surface area contributed by atoms with Gasteiger partial charge >= 0.3 is 0 Å². The van der Waals surface area contributed by atoms with Crippen LogP contribution in [-0.4, -0.2) is 18.1 Å². The highest BCUT2D eigenvalue weighted by molar-refractivity contribution is 6.35. The van der Waals surface area contributed by atoms with Crippen LogP contribution < -0.4 is 10.1 Å². The summed E-state index contributed by atoms with van der Waals surface area (Å²) in [6, 6.07) is 5.25. The smallest absolute Gasteiger partial charge is 0.278 e. The molecule has 0 amide bonds. The van der Waals surface area contributed by atoms with Gasteiger partial charge in [-0.1, -0.05) is 17.7 Å². The zero-order chi connectivity index (χ0) is 18.1. The molecule has 0 atom stereocenters. The molecule has 0 spiro atoms. The van der Waals surface area contributed by atoms with Gasteiger partial charge in [-0.05, 0) is 32.0 Å². The molecular formula is C19H17ClF2N2O2. The van der Waals surface area contributed by atoms with Crippen LogP contribution in [0.5, 0.6) is 5.75 Å². The highest BCUT2D eigenvalue weighted by atomic mass is 35.5. The lowest BCUT2D eigenvalue weighted by Crippen LogP contribution is -2.27.